The first-order valence-corrected chi connectivity index (χ1v) is 10.9. The van der Waals surface area contributed by atoms with Crippen molar-refractivity contribution in [3.8, 4) is 6.07 Å². The van der Waals surface area contributed by atoms with Gasteiger partial charge in [0.1, 0.15) is 11.9 Å². The molecule has 1 aliphatic rings. The Morgan fingerprint density at radius 2 is 1.90 bits per heavy atom. The molecule has 0 saturated carbocycles. The third-order valence-corrected chi connectivity index (χ3v) is 6.10. The second kappa shape index (κ2) is 9.09. The molecule has 0 bridgehead atoms. The number of hydrogen-bond donors (Lipinski definition) is 2. The van der Waals surface area contributed by atoms with Gasteiger partial charge in [-0.25, -0.2) is 4.39 Å². The monoisotopic (exact) mass is 437 g/mol. The van der Waals surface area contributed by atoms with Crippen LogP contribution in [0.2, 0.25) is 5.02 Å². The third kappa shape index (κ3) is 4.73. The molecule has 31 heavy (non-hydrogen) atoms. The topological polar surface area (TPSA) is 64.0 Å². The molecular formula is C24H25ClFN5. The second-order valence-electron chi connectivity index (χ2n) is 8.19. The maximum absolute atomic E-state index is 13.5. The molecule has 1 fully saturated rings. The van der Waals surface area contributed by atoms with Crippen LogP contribution < -0.4 is 10.6 Å². The first-order chi connectivity index (χ1) is 14.9. The van der Waals surface area contributed by atoms with E-state index in [0.29, 0.717) is 29.0 Å². The maximum atomic E-state index is 13.5. The highest BCUT2D eigenvalue weighted by Crippen LogP contribution is 2.32. The number of aromatic nitrogens is 1. The molecule has 5 nitrogen and oxygen atoms in total. The maximum Gasteiger partial charge on any atom is 0.141 e. The summed E-state index contributed by atoms with van der Waals surface area (Å²) in [6.45, 7) is 6.64. The molecule has 2 heterocycles. The fourth-order valence-electron chi connectivity index (χ4n) is 4.02. The lowest BCUT2D eigenvalue weighted by Gasteiger charge is -2.35. The van der Waals surface area contributed by atoms with Crippen molar-refractivity contribution < 1.29 is 4.39 Å². The zero-order valence-corrected chi connectivity index (χ0v) is 18.4. The summed E-state index contributed by atoms with van der Waals surface area (Å²) in [6.07, 6.45) is 3.72. The highest BCUT2D eigenvalue weighted by atomic mass is 35.5. The molecule has 0 unspecified atom stereocenters. The Labute approximate surface area is 186 Å². The lowest BCUT2D eigenvalue weighted by molar-refractivity contribution is 0.177. The van der Waals surface area contributed by atoms with Crippen molar-refractivity contribution in [2.24, 2.45) is 0 Å². The summed E-state index contributed by atoms with van der Waals surface area (Å²) in [5, 5.41) is 17.3. The Bertz CT molecular complexity index is 1130. The minimum atomic E-state index is -0.484. The Kier molecular flexibility index (Phi) is 6.26. The largest absolute Gasteiger partial charge is 0.382 e. The normalized spacial score (nSPS) is 15.2. The summed E-state index contributed by atoms with van der Waals surface area (Å²) < 4.78 is 13.5. The smallest absolute Gasteiger partial charge is 0.141 e. The lowest BCUT2D eigenvalue weighted by Crippen LogP contribution is -2.42. The molecule has 0 aliphatic carbocycles. The van der Waals surface area contributed by atoms with Gasteiger partial charge in [0.15, 0.2) is 0 Å². The number of anilines is 3. The third-order valence-electron chi connectivity index (χ3n) is 5.81. The highest BCUT2D eigenvalue weighted by molar-refractivity contribution is 6.31. The van der Waals surface area contributed by atoms with Gasteiger partial charge in [-0.05, 0) is 63.1 Å². The summed E-state index contributed by atoms with van der Waals surface area (Å²) in [6, 6.07) is 13.6. The van der Waals surface area contributed by atoms with Gasteiger partial charge >= 0.3 is 0 Å². The van der Waals surface area contributed by atoms with Crippen LogP contribution in [0.3, 0.4) is 0 Å². The number of fused-ring (bicyclic) bond motifs is 1. The van der Waals surface area contributed by atoms with Crippen LogP contribution in [0, 0.1) is 17.1 Å². The van der Waals surface area contributed by atoms with Crippen molar-refractivity contribution in [3.05, 3.63) is 59.0 Å². The summed E-state index contributed by atoms with van der Waals surface area (Å²) in [5.74, 6) is -0.484. The van der Waals surface area contributed by atoms with E-state index in [2.05, 4.69) is 40.4 Å². The highest BCUT2D eigenvalue weighted by Gasteiger charge is 2.21. The quantitative estimate of drug-likeness (QED) is 0.518. The molecule has 0 amide bonds. The number of piperidine rings is 1. The zero-order chi connectivity index (χ0) is 22.0. The van der Waals surface area contributed by atoms with Gasteiger partial charge in [-0.15, -0.1) is 0 Å². The summed E-state index contributed by atoms with van der Waals surface area (Å²) in [7, 11) is 0. The number of nitriles is 1. The lowest BCUT2D eigenvalue weighted by atomic mass is 10.0. The van der Waals surface area contributed by atoms with E-state index in [-0.39, 0.29) is 5.02 Å². The van der Waals surface area contributed by atoms with Gasteiger partial charge in [-0.1, -0.05) is 11.6 Å². The average molecular weight is 438 g/mol. The van der Waals surface area contributed by atoms with Crippen LogP contribution in [0.25, 0.3) is 10.9 Å². The van der Waals surface area contributed by atoms with Crippen LogP contribution in [-0.2, 0) is 0 Å². The molecule has 0 spiro atoms. The van der Waals surface area contributed by atoms with Gasteiger partial charge in [0, 0.05) is 48.1 Å². The fourth-order valence-corrected chi connectivity index (χ4v) is 4.20. The van der Waals surface area contributed by atoms with E-state index in [0.717, 1.165) is 42.5 Å². The van der Waals surface area contributed by atoms with E-state index in [1.54, 1.807) is 12.3 Å². The molecular weight excluding hydrogens is 413 g/mol. The van der Waals surface area contributed by atoms with E-state index < -0.39 is 5.82 Å². The minimum Gasteiger partial charge on any atom is -0.382 e. The van der Waals surface area contributed by atoms with Crippen LogP contribution in [-0.4, -0.2) is 35.1 Å². The predicted molar refractivity (Wildman–Crippen MR) is 125 cm³/mol. The van der Waals surface area contributed by atoms with Gasteiger partial charge in [0.2, 0.25) is 0 Å². The Morgan fingerprint density at radius 1 is 1.16 bits per heavy atom. The van der Waals surface area contributed by atoms with Crippen LogP contribution in [0.4, 0.5) is 21.5 Å². The molecule has 3 aromatic rings. The Morgan fingerprint density at radius 3 is 2.58 bits per heavy atom. The van der Waals surface area contributed by atoms with Crippen molar-refractivity contribution in [1.29, 1.82) is 5.26 Å². The van der Waals surface area contributed by atoms with E-state index >= 15 is 0 Å². The molecule has 2 aromatic carbocycles. The Hall–Kier alpha value is -2.88. The first-order valence-electron chi connectivity index (χ1n) is 10.5. The molecule has 160 valence electrons. The van der Waals surface area contributed by atoms with E-state index in [1.165, 1.54) is 12.1 Å². The number of nitrogens with zero attached hydrogens (tertiary/aromatic N) is 3. The number of rotatable bonds is 5. The van der Waals surface area contributed by atoms with Crippen molar-refractivity contribution in [2.45, 2.75) is 38.8 Å². The number of likely N-dealkylation sites (tertiary alicyclic amines) is 1. The van der Waals surface area contributed by atoms with Crippen LogP contribution in [0.1, 0.15) is 32.3 Å². The summed E-state index contributed by atoms with van der Waals surface area (Å²) >= 11 is 5.93. The minimum absolute atomic E-state index is 0.0250. The average Bonchev–Trinajstić information content (AvgIpc) is 2.77. The second-order valence-corrected chi connectivity index (χ2v) is 8.60. The van der Waals surface area contributed by atoms with Gasteiger partial charge in [-0.3, -0.25) is 4.98 Å². The van der Waals surface area contributed by atoms with Gasteiger partial charge < -0.3 is 15.5 Å². The molecule has 4 rings (SSSR count). The molecule has 0 radical (unpaired) electrons. The first kappa shape index (κ1) is 21.4. The number of halogens is 2. The molecule has 7 heteroatoms. The summed E-state index contributed by atoms with van der Waals surface area (Å²) in [4.78, 5) is 6.92. The zero-order valence-electron chi connectivity index (χ0n) is 17.6. The van der Waals surface area contributed by atoms with E-state index in [1.807, 2.05) is 18.2 Å². The fraction of sp³-hybridized carbons (Fsp3) is 0.333. The van der Waals surface area contributed by atoms with Crippen LogP contribution in [0.5, 0.6) is 0 Å². The van der Waals surface area contributed by atoms with Crippen LogP contribution >= 0.6 is 11.6 Å². The molecule has 1 aliphatic heterocycles. The van der Waals surface area contributed by atoms with Crippen LogP contribution in [0.15, 0.2) is 42.6 Å². The van der Waals surface area contributed by atoms with Gasteiger partial charge in [0.25, 0.3) is 0 Å². The SMILES string of the molecule is CC(C)N1CCC(Nc2ccc3ncc(C#N)c(Nc4ccc(F)c(Cl)c4)c3c2)CC1. The molecule has 0 atom stereocenters. The van der Waals surface area contributed by atoms with Crippen molar-refractivity contribution >= 4 is 39.6 Å². The van der Waals surface area contributed by atoms with Gasteiger partial charge in [0.05, 0.1) is 21.8 Å². The number of nitrogens with one attached hydrogen (secondary N) is 2. The van der Waals surface area contributed by atoms with Crippen molar-refractivity contribution in [1.82, 2.24) is 9.88 Å². The molecule has 1 aromatic heterocycles. The van der Waals surface area contributed by atoms with E-state index in [4.69, 9.17) is 11.6 Å². The van der Waals surface area contributed by atoms with Crippen molar-refractivity contribution in [2.75, 3.05) is 23.7 Å². The number of pyridine rings is 1. The number of benzene rings is 2. The standard InChI is InChI=1S/C24H25ClFN5/c1-15(2)31-9-7-17(8-10-31)29-18-4-6-23-20(11-18)24(16(13-27)14-28-23)30-19-3-5-22(26)21(25)12-19/h3-6,11-12,14-15,17,29H,7-10H2,1-2H3,(H,28,30). The predicted octanol–water partition coefficient (Wildman–Crippen LogP) is 5.93. The molecule has 2 N–H and O–H groups in total. The number of hydrogen-bond acceptors (Lipinski definition) is 5. The molecule has 1 saturated heterocycles. The Balaban J connectivity index is 1.62. The van der Waals surface area contributed by atoms with E-state index in [9.17, 15) is 9.65 Å². The van der Waals surface area contributed by atoms with Gasteiger partial charge in [-0.2, -0.15) is 5.26 Å². The summed E-state index contributed by atoms with van der Waals surface area (Å²) in [5.41, 5.74) is 3.42. The van der Waals surface area contributed by atoms with Crippen molar-refractivity contribution in [3.63, 3.8) is 0 Å².